The molecule has 2 aliphatic rings. The zero-order valence-corrected chi connectivity index (χ0v) is 16.2. The average molecular weight is 364 g/mol. The number of hydrogen-bond donors (Lipinski definition) is 0. The number of amides is 1. The number of carbonyl (C=O) groups is 1. The molecule has 1 aromatic carbocycles. The highest BCUT2D eigenvalue weighted by Crippen LogP contribution is 2.32. The molecular formula is C23H29N3O. The van der Waals surface area contributed by atoms with Crippen LogP contribution in [0.3, 0.4) is 0 Å². The molecule has 0 spiro atoms. The number of aryl methyl sites for hydroxylation is 1. The Morgan fingerprint density at radius 1 is 1.22 bits per heavy atom. The number of allylic oxidation sites excluding steroid dienone is 2. The summed E-state index contributed by atoms with van der Waals surface area (Å²) >= 11 is 0. The number of nitrogens with zero attached hydrogens (tertiary/aromatic N) is 3. The van der Waals surface area contributed by atoms with Crippen molar-refractivity contribution in [1.29, 1.82) is 0 Å². The molecule has 0 bridgehead atoms. The van der Waals surface area contributed by atoms with Gasteiger partial charge in [0.15, 0.2) is 0 Å². The minimum absolute atomic E-state index is 0.202. The molecule has 0 N–H and O–H groups in total. The summed E-state index contributed by atoms with van der Waals surface area (Å²) in [4.78, 5) is 18.8. The van der Waals surface area contributed by atoms with E-state index in [0.29, 0.717) is 12.3 Å². The summed E-state index contributed by atoms with van der Waals surface area (Å²) in [7, 11) is 1.93. The minimum Gasteiger partial charge on any atom is -0.342 e. The van der Waals surface area contributed by atoms with Gasteiger partial charge in [0.1, 0.15) is 0 Å². The van der Waals surface area contributed by atoms with Gasteiger partial charge in [0, 0.05) is 26.3 Å². The Kier molecular flexibility index (Phi) is 5.42. The molecule has 2 aromatic rings. The first kappa shape index (κ1) is 18.0. The third-order valence-corrected chi connectivity index (χ3v) is 5.96. The van der Waals surface area contributed by atoms with Crippen LogP contribution in [-0.2, 0) is 18.3 Å². The number of piperidine rings is 1. The monoisotopic (exact) mass is 363 g/mol. The van der Waals surface area contributed by atoms with Crippen molar-refractivity contribution in [3.63, 3.8) is 0 Å². The van der Waals surface area contributed by atoms with Crippen molar-refractivity contribution in [2.45, 2.75) is 50.9 Å². The highest BCUT2D eigenvalue weighted by molar-refractivity contribution is 5.78. The fraction of sp³-hybridized carbons (Fsp3) is 0.478. The molecule has 0 unspecified atom stereocenters. The Morgan fingerprint density at radius 3 is 2.78 bits per heavy atom. The lowest BCUT2D eigenvalue weighted by Gasteiger charge is -2.32. The smallest absolute Gasteiger partial charge is 0.228 e. The molecule has 2 heterocycles. The van der Waals surface area contributed by atoms with E-state index in [-0.39, 0.29) is 5.91 Å². The van der Waals surface area contributed by atoms with E-state index in [1.807, 2.05) is 22.7 Å². The number of carbonyl (C=O) groups excluding carboxylic acids is 1. The number of hydrogen-bond acceptors (Lipinski definition) is 2. The summed E-state index contributed by atoms with van der Waals surface area (Å²) in [5.41, 5.74) is 5.22. The fourth-order valence-corrected chi connectivity index (χ4v) is 4.38. The first-order chi connectivity index (χ1) is 13.2. The molecule has 4 nitrogen and oxygen atoms in total. The molecule has 0 radical (unpaired) electrons. The van der Waals surface area contributed by atoms with Crippen LogP contribution < -0.4 is 0 Å². The van der Waals surface area contributed by atoms with E-state index in [2.05, 4.69) is 35.3 Å². The number of imidazole rings is 1. The predicted molar refractivity (Wildman–Crippen MR) is 108 cm³/mol. The van der Waals surface area contributed by atoms with Crippen LogP contribution in [0.5, 0.6) is 0 Å². The number of aromatic nitrogens is 2. The molecule has 4 rings (SSSR count). The van der Waals surface area contributed by atoms with E-state index in [0.717, 1.165) is 31.6 Å². The second-order valence-electron chi connectivity index (χ2n) is 7.96. The van der Waals surface area contributed by atoms with Crippen molar-refractivity contribution in [2.75, 3.05) is 13.1 Å². The third kappa shape index (κ3) is 4.32. The molecule has 1 aliphatic heterocycles. The van der Waals surface area contributed by atoms with Crippen LogP contribution in [-0.4, -0.2) is 33.4 Å². The van der Waals surface area contributed by atoms with Gasteiger partial charge in [0.2, 0.25) is 5.91 Å². The summed E-state index contributed by atoms with van der Waals surface area (Å²) in [5, 5.41) is 0. The number of benzene rings is 1. The third-order valence-electron chi connectivity index (χ3n) is 5.96. The van der Waals surface area contributed by atoms with Gasteiger partial charge in [-0.05, 0) is 61.1 Å². The van der Waals surface area contributed by atoms with Gasteiger partial charge >= 0.3 is 0 Å². The van der Waals surface area contributed by atoms with Gasteiger partial charge in [-0.1, -0.05) is 30.3 Å². The lowest BCUT2D eigenvalue weighted by atomic mass is 9.86. The van der Waals surface area contributed by atoms with Crippen molar-refractivity contribution in [3.05, 3.63) is 59.7 Å². The van der Waals surface area contributed by atoms with E-state index in [1.165, 1.54) is 42.4 Å². The van der Waals surface area contributed by atoms with Crippen LogP contribution in [0.15, 0.2) is 42.9 Å². The quantitative estimate of drug-likeness (QED) is 0.811. The van der Waals surface area contributed by atoms with Crippen LogP contribution in [0, 0.1) is 0 Å². The van der Waals surface area contributed by atoms with Gasteiger partial charge in [-0.2, -0.15) is 0 Å². The van der Waals surface area contributed by atoms with E-state index in [4.69, 9.17) is 0 Å². The predicted octanol–water partition coefficient (Wildman–Crippen LogP) is 4.33. The molecular weight excluding hydrogens is 334 g/mol. The second-order valence-corrected chi connectivity index (χ2v) is 7.96. The van der Waals surface area contributed by atoms with Gasteiger partial charge in [0.25, 0.3) is 0 Å². The molecule has 0 saturated carbocycles. The van der Waals surface area contributed by atoms with E-state index >= 15 is 0 Å². The maximum Gasteiger partial charge on any atom is 0.228 e. The lowest BCUT2D eigenvalue weighted by Crippen LogP contribution is -2.38. The standard InChI is InChI=1S/C23H29N3O/c1-25-16-22(24-17-25)15-23(27)26-12-10-19(11-13-26)21-9-5-8-20(14-21)18-6-3-2-4-7-18/h5-6,8-9,14,16-17,19H,2-4,7,10-13,15H2,1H3. The summed E-state index contributed by atoms with van der Waals surface area (Å²) in [5.74, 6) is 0.765. The maximum atomic E-state index is 12.5. The molecule has 1 aromatic heterocycles. The van der Waals surface area contributed by atoms with Crippen LogP contribution >= 0.6 is 0 Å². The highest BCUT2D eigenvalue weighted by atomic mass is 16.2. The largest absolute Gasteiger partial charge is 0.342 e. The zero-order valence-electron chi connectivity index (χ0n) is 16.2. The molecule has 27 heavy (non-hydrogen) atoms. The fourth-order valence-electron chi connectivity index (χ4n) is 4.38. The van der Waals surface area contributed by atoms with E-state index in [9.17, 15) is 4.79 Å². The molecule has 4 heteroatoms. The Morgan fingerprint density at radius 2 is 2.07 bits per heavy atom. The molecule has 1 fully saturated rings. The Balaban J connectivity index is 1.36. The van der Waals surface area contributed by atoms with Crippen LogP contribution in [0.4, 0.5) is 0 Å². The van der Waals surface area contributed by atoms with Crippen molar-refractivity contribution in [1.82, 2.24) is 14.5 Å². The zero-order chi connectivity index (χ0) is 18.6. The van der Waals surface area contributed by atoms with E-state index < -0.39 is 0 Å². The molecule has 1 saturated heterocycles. The van der Waals surface area contributed by atoms with Gasteiger partial charge in [0.05, 0.1) is 18.4 Å². The molecule has 1 aliphatic carbocycles. The lowest BCUT2D eigenvalue weighted by molar-refractivity contribution is -0.131. The molecule has 142 valence electrons. The van der Waals surface area contributed by atoms with E-state index in [1.54, 1.807) is 6.33 Å². The molecule has 0 atom stereocenters. The van der Waals surface area contributed by atoms with Crippen molar-refractivity contribution >= 4 is 11.5 Å². The normalized spacial score (nSPS) is 18.4. The summed E-state index contributed by atoms with van der Waals surface area (Å²) in [6, 6.07) is 9.13. The van der Waals surface area contributed by atoms with Crippen molar-refractivity contribution in [3.8, 4) is 0 Å². The van der Waals surface area contributed by atoms with Crippen LogP contribution in [0.25, 0.3) is 5.57 Å². The van der Waals surface area contributed by atoms with Gasteiger partial charge in [-0.3, -0.25) is 4.79 Å². The van der Waals surface area contributed by atoms with Gasteiger partial charge < -0.3 is 9.47 Å². The maximum absolute atomic E-state index is 12.5. The summed E-state index contributed by atoms with van der Waals surface area (Å²) in [6.45, 7) is 1.70. The van der Waals surface area contributed by atoms with Crippen LogP contribution in [0.2, 0.25) is 0 Å². The summed E-state index contributed by atoms with van der Waals surface area (Å²) < 4.78 is 1.89. The topological polar surface area (TPSA) is 38.1 Å². The second kappa shape index (κ2) is 8.12. The van der Waals surface area contributed by atoms with Gasteiger partial charge in [-0.15, -0.1) is 0 Å². The number of likely N-dealkylation sites (tertiary alicyclic amines) is 1. The van der Waals surface area contributed by atoms with Crippen LogP contribution in [0.1, 0.15) is 61.3 Å². The Labute approximate surface area is 161 Å². The first-order valence-corrected chi connectivity index (χ1v) is 10.2. The Bertz CT molecular complexity index is 828. The van der Waals surface area contributed by atoms with Crippen molar-refractivity contribution in [2.24, 2.45) is 7.05 Å². The molecule has 1 amide bonds. The Hall–Kier alpha value is -2.36. The SMILES string of the molecule is Cn1cnc(CC(=O)N2CCC(c3cccc(C4=CCCCC4)c3)CC2)c1. The average Bonchev–Trinajstić information content (AvgIpc) is 3.13. The van der Waals surface area contributed by atoms with Crippen molar-refractivity contribution < 1.29 is 4.79 Å². The minimum atomic E-state index is 0.202. The highest BCUT2D eigenvalue weighted by Gasteiger charge is 2.24. The van der Waals surface area contributed by atoms with Gasteiger partial charge in [-0.25, -0.2) is 4.98 Å². The summed E-state index contributed by atoms with van der Waals surface area (Å²) in [6.07, 6.45) is 13.7. The first-order valence-electron chi connectivity index (χ1n) is 10.2. The number of rotatable bonds is 4.